The predicted molar refractivity (Wildman–Crippen MR) is 93.1 cm³/mol. The van der Waals surface area contributed by atoms with Crippen molar-refractivity contribution in [2.24, 2.45) is 13.9 Å². The third-order valence-corrected chi connectivity index (χ3v) is 4.37. The van der Waals surface area contributed by atoms with Crippen LogP contribution < -0.4 is 19.4 Å². The molecule has 6 nitrogen and oxygen atoms in total. The summed E-state index contributed by atoms with van der Waals surface area (Å²) in [5, 5.41) is 5.92. The highest BCUT2D eigenvalue weighted by Crippen LogP contribution is 2.25. The van der Waals surface area contributed by atoms with E-state index in [0.29, 0.717) is 28.5 Å². The van der Waals surface area contributed by atoms with Gasteiger partial charge in [0.2, 0.25) is 0 Å². The van der Waals surface area contributed by atoms with Gasteiger partial charge in [0.25, 0.3) is 21.3 Å². The predicted octanol–water partition coefficient (Wildman–Crippen LogP) is 1.14. The maximum absolute atomic E-state index is 14.1. The molecular weight excluding hydrogens is 400 g/mol. The molecular formula is C14H18FIN5O+. The molecule has 0 radical (unpaired) electrons. The van der Waals surface area contributed by atoms with Crippen LogP contribution in [-0.2, 0) is 0 Å². The van der Waals surface area contributed by atoms with Crippen LogP contribution in [-0.4, -0.2) is 24.8 Å². The quantitative estimate of drug-likeness (QED) is 0.508. The molecule has 22 heavy (non-hydrogen) atoms. The van der Waals surface area contributed by atoms with E-state index in [4.69, 9.17) is 15.9 Å². The molecule has 0 fully saturated rings. The maximum Gasteiger partial charge on any atom is 0.333 e. The van der Waals surface area contributed by atoms with Gasteiger partial charge in [-0.05, 0) is 35.2 Å². The van der Waals surface area contributed by atoms with E-state index >= 15 is 0 Å². The molecule has 1 aliphatic heterocycles. The van der Waals surface area contributed by atoms with Gasteiger partial charge >= 0.3 is 5.84 Å². The minimum atomic E-state index is -0.619. The molecule has 0 aromatic heterocycles. The molecule has 0 atom stereocenters. The van der Waals surface area contributed by atoms with E-state index < -0.39 is 27.1 Å². The lowest BCUT2D eigenvalue weighted by atomic mass is 10.0. The van der Waals surface area contributed by atoms with E-state index in [9.17, 15) is 4.39 Å². The first-order chi connectivity index (χ1) is 10.4. The van der Waals surface area contributed by atoms with E-state index in [1.165, 1.54) is 6.07 Å². The highest BCUT2D eigenvalue weighted by molar-refractivity contribution is 14.1. The number of ether oxygens (including phenoxy) is 1. The Labute approximate surface area is 138 Å². The molecule has 0 aliphatic carbocycles. The van der Waals surface area contributed by atoms with Gasteiger partial charge in [-0.1, -0.05) is 0 Å². The number of aliphatic imine (C=N–C) groups is 1. The van der Waals surface area contributed by atoms with Crippen molar-refractivity contribution < 1.29 is 14.5 Å². The Kier molecular flexibility index (Phi) is 5.22. The summed E-state index contributed by atoms with van der Waals surface area (Å²) in [4.78, 5) is 4.12. The van der Waals surface area contributed by atoms with Crippen LogP contribution in [0.2, 0.25) is 0 Å². The average molecular weight is 418 g/mol. The van der Waals surface area contributed by atoms with E-state index in [1.54, 1.807) is 19.2 Å². The van der Waals surface area contributed by atoms with Crippen molar-refractivity contribution in [2.45, 2.75) is 20.0 Å². The van der Waals surface area contributed by atoms with Gasteiger partial charge in [-0.2, -0.15) is 0 Å². The van der Waals surface area contributed by atoms with E-state index in [0.717, 1.165) is 0 Å². The zero-order chi connectivity index (χ0) is 16.3. The van der Waals surface area contributed by atoms with Crippen LogP contribution in [0, 0.1) is 5.82 Å². The zero-order valence-corrected chi connectivity index (χ0v) is 14.7. The highest BCUT2D eigenvalue weighted by Gasteiger charge is 2.27. The Bertz CT molecular complexity index is 696. The average Bonchev–Trinajstić information content (AvgIpc) is 2.48. The number of amidine groups is 2. The number of nitrogens with one attached hydrogen (secondary N) is 1. The minimum Gasteiger partial charge on any atom is -0.488 e. The number of rotatable bonds is 3. The maximum atomic E-state index is 14.1. The fourth-order valence-electron chi connectivity index (χ4n) is 1.90. The van der Waals surface area contributed by atoms with Gasteiger partial charge < -0.3 is 10.5 Å². The first-order valence-corrected chi connectivity index (χ1v) is 8.64. The number of benzene rings is 1. The molecule has 118 valence electrons. The van der Waals surface area contributed by atoms with Crippen LogP contribution in [0.5, 0.6) is 5.75 Å². The molecule has 0 amide bonds. The third-order valence-electron chi connectivity index (χ3n) is 2.86. The third kappa shape index (κ3) is 3.49. The first-order valence-electron chi connectivity index (χ1n) is 6.60. The highest BCUT2D eigenvalue weighted by atomic mass is 127. The number of nitrogens with two attached hydrogens (primary N) is 2. The summed E-state index contributed by atoms with van der Waals surface area (Å²) >= 11 is -0.619. The lowest BCUT2D eigenvalue weighted by Crippen LogP contribution is -2.45. The van der Waals surface area contributed by atoms with Gasteiger partial charge in [0.05, 0.1) is 11.8 Å². The number of hydrogen-bond acceptors (Lipinski definition) is 3. The number of halogens is 2. The Morgan fingerprint density at radius 3 is 2.82 bits per heavy atom. The first kappa shape index (κ1) is 16.5. The topological polar surface area (TPSA) is 97.6 Å². The van der Waals surface area contributed by atoms with Gasteiger partial charge in [-0.15, -0.1) is 0 Å². The van der Waals surface area contributed by atoms with Crippen molar-refractivity contribution in [1.82, 2.24) is 3.53 Å². The van der Waals surface area contributed by atoms with Crippen LogP contribution in [0.25, 0.3) is 5.70 Å². The van der Waals surface area contributed by atoms with E-state index in [1.807, 2.05) is 13.8 Å². The monoisotopic (exact) mass is 418 g/mol. The Morgan fingerprint density at radius 2 is 2.23 bits per heavy atom. The molecule has 8 heteroatoms. The summed E-state index contributed by atoms with van der Waals surface area (Å²) < 4.78 is 26.8. The van der Waals surface area contributed by atoms with Crippen LogP contribution in [0.15, 0.2) is 31.9 Å². The van der Waals surface area contributed by atoms with Gasteiger partial charge in [0, 0.05) is 12.6 Å². The summed E-state index contributed by atoms with van der Waals surface area (Å²) in [7, 11) is 1.64. The second-order valence-electron chi connectivity index (χ2n) is 4.82. The SMILES string of the molecule is CN=C1NI=NC(=[NH2+])C1=C(N)c1ccc(OC(C)C)c(F)c1. The van der Waals surface area contributed by atoms with E-state index in [-0.39, 0.29) is 11.9 Å². The molecule has 2 rings (SSSR count). The molecule has 5 N–H and O–H groups in total. The molecule has 0 saturated heterocycles. The lowest BCUT2D eigenvalue weighted by Gasteiger charge is -2.14. The summed E-state index contributed by atoms with van der Waals surface area (Å²) in [5.74, 6) is 0.625. The summed E-state index contributed by atoms with van der Waals surface area (Å²) in [6.45, 7) is 3.67. The van der Waals surface area contributed by atoms with Crippen LogP contribution in [0.3, 0.4) is 0 Å². The molecule has 0 spiro atoms. The van der Waals surface area contributed by atoms with Gasteiger partial charge in [0.15, 0.2) is 11.6 Å². The fraction of sp³-hybridized carbons (Fsp3) is 0.286. The zero-order valence-electron chi connectivity index (χ0n) is 12.5. The van der Waals surface area contributed by atoms with Crippen LogP contribution in [0.4, 0.5) is 4.39 Å². The van der Waals surface area contributed by atoms with Gasteiger partial charge in [0.1, 0.15) is 11.4 Å². The normalized spacial score (nSPS) is 19.0. The molecule has 1 heterocycles. The number of hydrogen-bond donors (Lipinski definition) is 3. The van der Waals surface area contributed by atoms with Crippen molar-refractivity contribution in [3.8, 4) is 5.75 Å². The molecule has 0 bridgehead atoms. The van der Waals surface area contributed by atoms with Crippen LogP contribution >= 0.6 is 21.3 Å². The molecule has 1 aromatic carbocycles. The second-order valence-corrected chi connectivity index (χ2v) is 6.33. The molecule has 0 unspecified atom stereocenters. The smallest absolute Gasteiger partial charge is 0.333 e. The van der Waals surface area contributed by atoms with Gasteiger partial charge in [-0.25, -0.2) is 4.39 Å². The van der Waals surface area contributed by atoms with Crippen molar-refractivity contribution in [3.05, 3.63) is 35.2 Å². The van der Waals surface area contributed by atoms with Crippen molar-refractivity contribution >= 4 is 38.7 Å². The summed E-state index contributed by atoms with van der Waals surface area (Å²) in [6.07, 6.45) is -0.107. The summed E-state index contributed by atoms with van der Waals surface area (Å²) in [6, 6.07) is 4.56. The fourth-order valence-corrected chi connectivity index (χ4v) is 3.26. The Hall–Kier alpha value is -1.84. The number of nitrogens with zero attached hydrogens (tertiary/aromatic N) is 2. The minimum absolute atomic E-state index is 0.107. The Morgan fingerprint density at radius 1 is 1.50 bits per heavy atom. The standard InChI is InChI=1S/C14H17FIN5O/c1-7(2)22-10-5-4-8(6-9(10)15)12(17)11-13(18)20-16-21-14(11)19-3/h4-7H,17H2,1-3H3,(H2,18,19,20,21)/p+1. The van der Waals surface area contributed by atoms with Crippen molar-refractivity contribution in [3.63, 3.8) is 0 Å². The molecule has 1 aromatic rings. The second kappa shape index (κ2) is 6.95. The lowest BCUT2D eigenvalue weighted by molar-refractivity contribution is -0.113. The van der Waals surface area contributed by atoms with Crippen LogP contribution in [0.1, 0.15) is 19.4 Å². The molecule has 0 saturated carbocycles. The molecule has 1 aliphatic rings. The Balaban J connectivity index is 2.46. The van der Waals surface area contributed by atoms with Gasteiger partial charge in [-0.3, -0.25) is 13.9 Å². The van der Waals surface area contributed by atoms with Crippen molar-refractivity contribution in [1.29, 1.82) is 0 Å². The largest absolute Gasteiger partial charge is 0.488 e. The summed E-state index contributed by atoms with van der Waals surface area (Å²) in [5.41, 5.74) is 7.49. The van der Waals surface area contributed by atoms with E-state index in [2.05, 4.69) is 11.7 Å². The van der Waals surface area contributed by atoms with Crippen molar-refractivity contribution in [2.75, 3.05) is 7.05 Å².